The Bertz CT molecular complexity index is 677. The Kier molecular flexibility index (Phi) is 2.61. The summed E-state index contributed by atoms with van der Waals surface area (Å²) in [5, 5.41) is 12.3. The molecule has 1 aliphatic rings. The standard InChI is InChI=1S/C17H14N2/c1-17(15-8-6-13(12-18)7-9-15)16-5-3-2-4-14(16)10-11-19-17/h2-11,19H,1H3. The fourth-order valence-electron chi connectivity index (χ4n) is 2.59. The summed E-state index contributed by atoms with van der Waals surface area (Å²) >= 11 is 0. The van der Waals surface area contributed by atoms with Crippen molar-refractivity contribution < 1.29 is 0 Å². The minimum absolute atomic E-state index is 0.251. The van der Waals surface area contributed by atoms with E-state index >= 15 is 0 Å². The lowest BCUT2D eigenvalue weighted by Crippen LogP contribution is -2.39. The van der Waals surface area contributed by atoms with Gasteiger partial charge in [-0.15, -0.1) is 0 Å². The molecule has 0 radical (unpaired) electrons. The molecule has 3 rings (SSSR count). The third-order valence-electron chi connectivity index (χ3n) is 3.73. The predicted molar refractivity (Wildman–Crippen MR) is 76.2 cm³/mol. The molecule has 0 bridgehead atoms. The first-order valence-corrected chi connectivity index (χ1v) is 6.28. The van der Waals surface area contributed by atoms with E-state index in [1.165, 1.54) is 11.1 Å². The number of hydrogen-bond acceptors (Lipinski definition) is 2. The summed E-state index contributed by atoms with van der Waals surface area (Å²) in [5.41, 5.74) is 4.07. The van der Waals surface area contributed by atoms with Crippen molar-refractivity contribution in [2.45, 2.75) is 12.5 Å². The van der Waals surface area contributed by atoms with Crippen LogP contribution in [0.1, 0.15) is 29.2 Å². The second-order valence-corrected chi connectivity index (χ2v) is 4.88. The monoisotopic (exact) mass is 246 g/mol. The summed E-state index contributed by atoms with van der Waals surface area (Å²) in [5.74, 6) is 0. The number of nitrogens with zero attached hydrogens (tertiary/aromatic N) is 1. The van der Waals surface area contributed by atoms with Gasteiger partial charge in [0, 0.05) is 0 Å². The normalized spacial score (nSPS) is 20.2. The van der Waals surface area contributed by atoms with Crippen LogP contribution in [0, 0.1) is 11.3 Å². The second kappa shape index (κ2) is 4.29. The van der Waals surface area contributed by atoms with Crippen LogP contribution in [-0.2, 0) is 5.54 Å². The average molecular weight is 246 g/mol. The minimum atomic E-state index is -0.251. The van der Waals surface area contributed by atoms with Crippen LogP contribution in [0.5, 0.6) is 0 Å². The fraction of sp³-hybridized carbons (Fsp3) is 0.118. The zero-order valence-corrected chi connectivity index (χ0v) is 10.7. The Morgan fingerprint density at radius 2 is 1.79 bits per heavy atom. The highest BCUT2D eigenvalue weighted by molar-refractivity contribution is 5.61. The smallest absolute Gasteiger partial charge is 0.0991 e. The fourth-order valence-corrected chi connectivity index (χ4v) is 2.59. The van der Waals surface area contributed by atoms with Gasteiger partial charge in [-0.05, 0) is 48.0 Å². The van der Waals surface area contributed by atoms with Crippen molar-refractivity contribution in [1.82, 2.24) is 5.32 Å². The molecule has 0 fully saturated rings. The molecule has 0 spiro atoms. The van der Waals surface area contributed by atoms with Gasteiger partial charge < -0.3 is 5.32 Å². The molecule has 0 amide bonds. The summed E-state index contributed by atoms with van der Waals surface area (Å²) in [6.07, 6.45) is 4.07. The Hall–Kier alpha value is -2.53. The molecule has 0 saturated carbocycles. The third kappa shape index (κ3) is 1.80. The van der Waals surface area contributed by atoms with E-state index in [2.05, 4.69) is 42.6 Å². The molecule has 0 aromatic heterocycles. The molecule has 1 N–H and O–H groups in total. The molecule has 1 atom stereocenters. The number of hydrogen-bond donors (Lipinski definition) is 1. The first-order chi connectivity index (χ1) is 9.24. The Labute approximate surface area is 113 Å². The molecule has 92 valence electrons. The molecule has 0 aliphatic carbocycles. The van der Waals surface area contributed by atoms with Crippen LogP contribution in [0.2, 0.25) is 0 Å². The van der Waals surface area contributed by atoms with E-state index in [9.17, 15) is 0 Å². The summed E-state index contributed by atoms with van der Waals surface area (Å²) in [6, 6.07) is 18.3. The molecular formula is C17H14N2. The summed E-state index contributed by atoms with van der Waals surface area (Å²) in [4.78, 5) is 0. The Morgan fingerprint density at radius 3 is 2.53 bits per heavy atom. The Morgan fingerprint density at radius 1 is 1.05 bits per heavy atom. The molecule has 1 heterocycles. The molecule has 2 aromatic rings. The van der Waals surface area contributed by atoms with Crippen LogP contribution < -0.4 is 5.32 Å². The van der Waals surface area contributed by atoms with E-state index in [0.29, 0.717) is 5.56 Å². The third-order valence-corrected chi connectivity index (χ3v) is 3.73. The van der Waals surface area contributed by atoms with Crippen LogP contribution in [0.15, 0.2) is 54.7 Å². The van der Waals surface area contributed by atoms with Gasteiger partial charge >= 0.3 is 0 Å². The van der Waals surface area contributed by atoms with E-state index in [1.54, 1.807) is 0 Å². The predicted octanol–water partition coefficient (Wildman–Crippen LogP) is 3.40. The first kappa shape index (κ1) is 11.6. The van der Waals surface area contributed by atoms with Crippen molar-refractivity contribution in [1.29, 1.82) is 5.26 Å². The van der Waals surface area contributed by atoms with Gasteiger partial charge in [0.25, 0.3) is 0 Å². The molecule has 2 nitrogen and oxygen atoms in total. The van der Waals surface area contributed by atoms with Crippen molar-refractivity contribution in [2.24, 2.45) is 0 Å². The van der Waals surface area contributed by atoms with Gasteiger partial charge in [-0.2, -0.15) is 5.26 Å². The van der Waals surface area contributed by atoms with E-state index in [0.717, 1.165) is 5.56 Å². The van der Waals surface area contributed by atoms with E-state index < -0.39 is 0 Å². The maximum absolute atomic E-state index is 8.88. The topological polar surface area (TPSA) is 35.8 Å². The molecule has 2 aromatic carbocycles. The number of nitriles is 1. The summed E-state index contributed by atoms with van der Waals surface area (Å²) < 4.78 is 0. The maximum atomic E-state index is 8.88. The van der Waals surface area contributed by atoms with Gasteiger partial charge in [0.15, 0.2) is 0 Å². The zero-order chi connectivity index (χ0) is 13.3. The first-order valence-electron chi connectivity index (χ1n) is 6.28. The lowest BCUT2D eigenvalue weighted by atomic mass is 9.80. The molecule has 1 unspecified atom stereocenters. The summed E-state index contributed by atoms with van der Waals surface area (Å²) in [6.45, 7) is 2.16. The molecule has 2 heteroatoms. The molecular weight excluding hydrogens is 232 g/mol. The van der Waals surface area contributed by atoms with Crippen molar-refractivity contribution in [2.75, 3.05) is 0 Å². The second-order valence-electron chi connectivity index (χ2n) is 4.88. The van der Waals surface area contributed by atoms with Gasteiger partial charge in [0.1, 0.15) is 0 Å². The Balaban J connectivity index is 2.13. The van der Waals surface area contributed by atoms with Gasteiger partial charge in [-0.25, -0.2) is 0 Å². The minimum Gasteiger partial charge on any atom is -0.378 e. The van der Waals surface area contributed by atoms with E-state index in [4.69, 9.17) is 5.26 Å². The number of rotatable bonds is 1. The number of fused-ring (bicyclic) bond motifs is 1. The number of nitrogens with one attached hydrogen (secondary N) is 1. The summed E-state index contributed by atoms with van der Waals surface area (Å²) in [7, 11) is 0. The number of benzene rings is 2. The lowest BCUT2D eigenvalue weighted by molar-refractivity contribution is 0.503. The van der Waals surface area contributed by atoms with Crippen LogP contribution in [-0.4, -0.2) is 0 Å². The van der Waals surface area contributed by atoms with E-state index in [1.807, 2.05) is 36.5 Å². The molecule has 19 heavy (non-hydrogen) atoms. The van der Waals surface area contributed by atoms with Crippen molar-refractivity contribution in [3.63, 3.8) is 0 Å². The van der Waals surface area contributed by atoms with Gasteiger partial charge in [-0.3, -0.25) is 0 Å². The highest BCUT2D eigenvalue weighted by Crippen LogP contribution is 2.34. The van der Waals surface area contributed by atoms with Crippen molar-refractivity contribution in [3.8, 4) is 6.07 Å². The van der Waals surface area contributed by atoms with Crippen LogP contribution in [0.4, 0.5) is 0 Å². The van der Waals surface area contributed by atoms with Gasteiger partial charge in [0.2, 0.25) is 0 Å². The molecule has 0 saturated heterocycles. The maximum Gasteiger partial charge on any atom is 0.0991 e. The largest absolute Gasteiger partial charge is 0.378 e. The quantitative estimate of drug-likeness (QED) is 0.837. The van der Waals surface area contributed by atoms with Crippen LogP contribution in [0.3, 0.4) is 0 Å². The highest BCUT2D eigenvalue weighted by Gasteiger charge is 2.31. The van der Waals surface area contributed by atoms with Crippen molar-refractivity contribution >= 4 is 6.08 Å². The van der Waals surface area contributed by atoms with Crippen LogP contribution >= 0.6 is 0 Å². The van der Waals surface area contributed by atoms with Crippen LogP contribution in [0.25, 0.3) is 6.08 Å². The average Bonchev–Trinajstić information content (AvgIpc) is 2.48. The van der Waals surface area contributed by atoms with Gasteiger partial charge in [-0.1, -0.05) is 36.4 Å². The SMILES string of the molecule is CC1(c2ccc(C#N)cc2)NC=Cc2ccccc21. The van der Waals surface area contributed by atoms with Crippen molar-refractivity contribution in [3.05, 3.63) is 77.0 Å². The molecule has 1 aliphatic heterocycles. The lowest BCUT2D eigenvalue weighted by Gasteiger charge is -2.35. The zero-order valence-electron chi connectivity index (χ0n) is 10.7. The van der Waals surface area contributed by atoms with Gasteiger partial charge in [0.05, 0.1) is 17.2 Å². The highest BCUT2D eigenvalue weighted by atomic mass is 15.0. The van der Waals surface area contributed by atoms with E-state index in [-0.39, 0.29) is 5.54 Å².